The van der Waals surface area contributed by atoms with E-state index in [1.54, 1.807) is 12.1 Å². The minimum atomic E-state index is -0.361. The highest BCUT2D eigenvalue weighted by Gasteiger charge is 2.32. The van der Waals surface area contributed by atoms with Gasteiger partial charge in [0.05, 0.1) is 13.2 Å². The van der Waals surface area contributed by atoms with Crippen LogP contribution in [0.25, 0.3) is 0 Å². The van der Waals surface area contributed by atoms with E-state index >= 15 is 0 Å². The van der Waals surface area contributed by atoms with Crippen LogP contribution in [0.3, 0.4) is 0 Å². The fraction of sp³-hybridized carbons (Fsp3) is 0.632. The molecule has 6 heteroatoms. The molecular weight excluding hydrogens is 321 g/mol. The first-order valence-electron chi connectivity index (χ1n) is 9.09. The van der Waals surface area contributed by atoms with Gasteiger partial charge in [-0.15, -0.1) is 0 Å². The lowest BCUT2D eigenvalue weighted by atomic mass is 9.99. The van der Waals surface area contributed by atoms with Crippen LogP contribution in [0.15, 0.2) is 24.3 Å². The number of amides is 1. The Morgan fingerprint density at radius 1 is 1.12 bits per heavy atom. The van der Waals surface area contributed by atoms with Crippen molar-refractivity contribution in [2.45, 2.75) is 24.9 Å². The van der Waals surface area contributed by atoms with Crippen molar-refractivity contribution in [3.63, 3.8) is 0 Å². The molecule has 25 heavy (non-hydrogen) atoms. The zero-order valence-electron chi connectivity index (χ0n) is 15.2. The van der Waals surface area contributed by atoms with Crippen LogP contribution in [0.2, 0.25) is 0 Å². The van der Waals surface area contributed by atoms with Crippen molar-refractivity contribution in [1.29, 1.82) is 0 Å². The third-order valence-corrected chi connectivity index (χ3v) is 5.27. The molecule has 0 saturated carbocycles. The molecule has 2 heterocycles. The van der Waals surface area contributed by atoms with E-state index in [1.165, 1.54) is 12.1 Å². The molecular formula is C19H28FN3O2. The maximum Gasteiger partial charge on any atom is 0.244 e. The Morgan fingerprint density at radius 3 is 2.28 bits per heavy atom. The summed E-state index contributed by atoms with van der Waals surface area (Å²) in [5, 5.41) is 0. The number of hydrogen-bond donors (Lipinski definition) is 0. The minimum Gasteiger partial charge on any atom is -0.379 e. The Labute approximate surface area is 149 Å². The van der Waals surface area contributed by atoms with Crippen LogP contribution in [0.1, 0.15) is 24.4 Å². The van der Waals surface area contributed by atoms with Crippen molar-refractivity contribution < 1.29 is 13.9 Å². The second-order valence-electron chi connectivity index (χ2n) is 7.12. The van der Waals surface area contributed by atoms with Crippen LogP contribution in [-0.2, 0) is 9.53 Å². The van der Waals surface area contributed by atoms with Gasteiger partial charge >= 0.3 is 0 Å². The zero-order valence-corrected chi connectivity index (χ0v) is 15.2. The zero-order chi connectivity index (χ0) is 17.8. The van der Waals surface area contributed by atoms with E-state index in [0.29, 0.717) is 6.04 Å². The van der Waals surface area contributed by atoms with Crippen molar-refractivity contribution >= 4 is 5.91 Å². The van der Waals surface area contributed by atoms with Gasteiger partial charge in [0.25, 0.3) is 0 Å². The molecule has 2 aliphatic rings. The van der Waals surface area contributed by atoms with Crippen LogP contribution in [0.5, 0.6) is 0 Å². The summed E-state index contributed by atoms with van der Waals surface area (Å²) in [5.41, 5.74) is 0.840. The van der Waals surface area contributed by atoms with Crippen LogP contribution in [0.4, 0.5) is 4.39 Å². The third-order valence-electron chi connectivity index (χ3n) is 5.27. The molecule has 5 nitrogen and oxygen atoms in total. The second kappa shape index (κ2) is 8.25. The Bertz CT molecular complexity index is 565. The molecule has 0 N–H and O–H groups in total. The molecule has 1 aromatic carbocycles. The molecule has 0 bridgehead atoms. The SMILES string of the molecule is CN(C)C(C(=O)N1CCC(N2CCOCC2)CC1)c1ccc(F)cc1. The van der Waals surface area contributed by atoms with Gasteiger partial charge in [-0.2, -0.15) is 0 Å². The number of benzene rings is 1. The maximum absolute atomic E-state index is 13.2. The molecule has 2 fully saturated rings. The fourth-order valence-electron chi connectivity index (χ4n) is 3.87. The molecule has 1 amide bonds. The number of ether oxygens (including phenoxy) is 1. The van der Waals surface area contributed by atoms with Crippen molar-refractivity contribution in [3.05, 3.63) is 35.6 Å². The Kier molecular flexibility index (Phi) is 6.04. The standard InChI is InChI=1S/C19H28FN3O2/c1-21(2)18(15-3-5-16(20)6-4-15)19(24)23-9-7-17(8-10-23)22-11-13-25-14-12-22/h3-6,17-18H,7-14H2,1-2H3. The molecule has 0 radical (unpaired) electrons. The first kappa shape index (κ1) is 18.3. The quantitative estimate of drug-likeness (QED) is 0.830. The predicted molar refractivity (Wildman–Crippen MR) is 94.8 cm³/mol. The number of piperidine rings is 1. The topological polar surface area (TPSA) is 36.0 Å². The summed E-state index contributed by atoms with van der Waals surface area (Å²) >= 11 is 0. The number of rotatable bonds is 4. The molecule has 0 aliphatic carbocycles. The molecule has 1 unspecified atom stereocenters. The van der Waals surface area contributed by atoms with Gasteiger partial charge in [-0.1, -0.05) is 12.1 Å². The fourth-order valence-corrected chi connectivity index (χ4v) is 3.87. The monoisotopic (exact) mass is 349 g/mol. The predicted octanol–water partition coefficient (Wildman–Crippen LogP) is 1.75. The van der Waals surface area contributed by atoms with Gasteiger partial charge in [0.2, 0.25) is 5.91 Å². The van der Waals surface area contributed by atoms with Gasteiger partial charge in [0.15, 0.2) is 0 Å². The highest BCUT2D eigenvalue weighted by molar-refractivity contribution is 5.83. The van der Waals surface area contributed by atoms with Crippen LogP contribution >= 0.6 is 0 Å². The smallest absolute Gasteiger partial charge is 0.244 e. The van der Waals surface area contributed by atoms with Crippen molar-refractivity contribution in [1.82, 2.24) is 14.7 Å². The number of morpholine rings is 1. The highest BCUT2D eigenvalue weighted by atomic mass is 19.1. The summed E-state index contributed by atoms with van der Waals surface area (Å²) in [7, 11) is 3.79. The van der Waals surface area contributed by atoms with E-state index in [4.69, 9.17) is 4.74 Å². The Hall–Kier alpha value is -1.50. The van der Waals surface area contributed by atoms with Crippen LogP contribution < -0.4 is 0 Å². The average molecular weight is 349 g/mol. The molecule has 1 aromatic rings. The van der Waals surface area contributed by atoms with Gasteiger partial charge in [-0.25, -0.2) is 4.39 Å². The maximum atomic E-state index is 13.2. The largest absolute Gasteiger partial charge is 0.379 e. The van der Waals surface area contributed by atoms with E-state index in [2.05, 4.69) is 4.90 Å². The van der Waals surface area contributed by atoms with Gasteiger partial charge < -0.3 is 9.64 Å². The summed E-state index contributed by atoms with van der Waals surface area (Å²) in [6.45, 7) is 5.18. The molecule has 2 aliphatic heterocycles. The minimum absolute atomic E-state index is 0.108. The first-order valence-corrected chi connectivity index (χ1v) is 9.09. The lowest BCUT2D eigenvalue weighted by molar-refractivity contribution is -0.138. The Morgan fingerprint density at radius 2 is 1.72 bits per heavy atom. The number of carbonyl (C=O) groups is 1. The van der Waals surface area contributed by atoms with Gasteiger partial charge in [0.1, 0.15) is 11.9 Å². The van der Waals surface area contributed by atoms with Crippen molar-refractivity contribution in [2.24, 2.45) is 0 Å². The summed E-state index contributed by atoms with van der Waals surface area (Å²) in [6.07, 6.45) is 2.02. The Balaban J connectivity index is 1.62. The summed E-state index contributed by atoms with van der Waals surface area (Å²) in [5.74, 6) is -0.169. The van der Waals surface area contributed by atoms with Crippen molar-refractivity contribution in [3.8, 4) is 0 Å². The number of hydrogen-bond acceptors (Lipinski definition) is 4. The van der Waals surface area contributed by atoms with E-state index in [0.717, 1.165) is 57.8 Å². The van der Waals surface area contributed by atoms with E-state index < -0.39 is 0 Å². The molecule has 0 spiro atoms. The van der Waals surface area contributed by atoms with Gasteiger partial charge in [0, 0.05) is 32.2 Å². The summed E-state index contributed by atoms with van der Waals surface area (Å²) < 4.78 is 18.6. The lowest BCUT2D eigenvalue weighted by Gasteiger charge is -2.41. The normalized spacial score (nSPS) is 21.5. The van der Waals surface area contributed by atoms with E-state index in [1.807, 2.05) is 23.9 Å². The van der Waals surface area contributed by atoms with E-state index in [-0.39, 0.29) is 17.8 Å². The number of likely N-dealkylation sites (N-methyl/N-ethyl adjacent to an activating group) is 1. The second-order valence-corrected chi connectivity index (χ2v) is 7.12. The van der Waals surface area contributed by atoms with Gasteiger partial charge in [-0.3, -0.25) is 14.6 Å². The number of halogens is 1. The highest BCUT2D eigenvalue weighted by Crippen LogP contribution is 2.25. The molecule has 3 rings (SSSR count). The van der Waals surface area contributed by atoms with Crippen LogP contribution in [0, 0.1) is 5.82 Å². The lowest BCUT2D eigenvalue weighted by Crippen LogP contribution is -2.51. The average Bonchev–Trinajstić information content (AvgIpc) is 2.64. The number of carbonyl (C=O) groups excluding carboxylic acids is 1. The van der Waals surface area contributed by atoms with E-state index in [9.17, 15) is 9.18 Å². The first-order chi connectivity index (χ1) is 12.1. The molecule has 138 valence electrons. The summed E-state index contributed by atoms with van der Waals surface area (Å²) in [6, 6.07) is 6.45. The van der Waals surface area contributed by atoms with Gasteiger partial charge in [-0.05, 0) is 44.6 Å². The molecule has 2 saturated heterocycles. The van der Waals surface area contributed by atoms with Crippen LogP contribution in [-0.4, -0.2) is 80.1 Å². The number of nitrogens with zero attached hydrogens (tertiary/aromatic N) is 3. The third kappa shape index (κ3) is 4.37. The number of likely N-dealkylation sites (tertiary alicyclic amines) is 1. The van der Waals surface area contributed by atoms with Crippen molar-refractivity contribution in [2.75, 3.05) is 53.5 Å². The molecule has 1 atom stereocenters. The molecule has 0 aromatic heterocycles. The summed E-state index contributed by atoms with van der Waals surface area (Å²) in [4.78, 5) is 19.4.